The molecule has 15 heteroatoms. The van der Waals surface area contributed by atoms with Gasteiger partial charge >= 0.3 is 11.4 Å². The normalized spacial score (nSPS) is 16.7. The van der Waals surface area contributed by atoms with Gasteiger partial charge in [-0.3, -0.25) is 4.55 Å². The summed E-state index contributed by atoms with van der Waals surface area (Å²) in [5.74, 6) is 0. The Labute approximate surface area is 210 Å². The Morgan fingerprint density at radius 3 is 2.47 bits per heavy atom. The van der Waals surface area contributed by atoms with Crippen LogP contribution in [0.2, 0.25) is 0 Å². The molecule has 7 nitrogen and oxygen atoms in total. The van der Waals surface area contributed by atoms with Crippen molar-refractivity contribution in [2.75, 3.05) is 18.0 Å². The van der Waals surface area contributed by atoms with Crippen molar-refractivity contribution in [3.8, 4) is 0 Å². The Morgan fingerprint density at radius 1 is 1.06 bits per heavy atom. The van der Waals surface area contributed by atoms with E-state index in [1.165, 1.54) is 6.07 Å². The second-order valence-electron chi connectivity index (χ2n) is 8.32. The van der Waals surface area contributed by atoms with Crippen LogP contribution in [0.3, 0.4) is 0 Å². The van der Waals surface area contributed by atoms with Gasteiger partial charge in [-0.2, -0.15) is 30.4 Å². The lowest BCUT2D eigenvalue weighted by Gasteiger charge is -2.37. The van der Waals surface area contributed by atoms with Crippen molar-refractivity contribution in [1.29, 1.82) is 0 Å². The molecule has 0 aliphatic carbocycles. The predicted octanol–water partition coefficient (Wildman–Crippen LogP) is 6.90. The summed E-state index contributed by atoms with van der Waals surface area (Å²) in [6, 6.07) is 5.13. The molecule has 1 aromatic heterocycles. The van der Waals surface area contributed by atoms with E-state index in [0.717, 1.165) is 67.1 Å². The fraction of sp³-hybridized carbons (Fsp3) is 0.381. The van der Waals surface area contributed by atoms with Gasteiger partial charge in [-0.05, 0) is 72.8 Å². The van der Waals surface area contributed by atoms with E-state index in [1.54, 1.807) is 6.07 Å². The second kappa shape index (κ2) is 8.89. The van der Waals surface area contributed by atoms with E-state index < -0.39 is 33.3 Å². The number of benzene rings is 2. The van der Waals surface area contributed by atoms with E-state index in [9.17, 15) is 34.9 Å². The molecular weight excluding hydrogens is 547 g/mol. The SMILES string of the molecule is O=S(=O)(O)c1c(N=Nc2nc3ccc(SC(F)(F)C(F)(F)F)cc3s2)cc2c3c1CCCN3CCC2. The summed E-state index contributed by atoms with van der Waals surface area (Å²) in [6.45, 7) is 1.60. The molecule has 36 heavy (non-hydrogen) atoms. The van der Waals surface area contributed by atoms with E-state index in [-0.39, 0.29) is 20.6 Å². The number of aromatic nitrogens is 1. The first-order valence-corrected chi connectivity index (χ1v) is 13.8. The van der Waals surface area contributed by atoms with Crippen LogP contribution in [0.1, 0.15) is 24.0 Å². The van der Waals surface area contributed by atoms with Crippen molar-refractivity contribution in [3.63, 3.8) is 0 Å². The molecule has 2 aromatic carbocycles. The van der Waals surface area contributed by atoms with Crippen LogP contribution in [0.25, 0.3) is 10.2 Å². The van der Waals surface area contributed by atoms with Crippen molar-refractivity contribution >= 4 is 59.9 Å². The third-order valence-electron chi connectivity index (χ3n) is 5.88. The third-order valence-corrected chi connectivity index (χ3v) is 8.73. The summed E-state index contributed by atoms with van der Waals surface area (Å²) in [4.78, 5) is 5.69. The van der Waals surface area contributed by atoms with Crippen molar-refractivity contribution in [3.05, 3.63) is 35.4 Å². The first kappa shape index (κ1) is 25.3. The number of nitrogens with zero attached hydrogens (tertiary/aromatic N) is 4. The minimum absolute atomic E-state index is 0.0321. The Morgan fingerprint density at radius 2 is 1.78 bits per heavy atom. The van der Waals surface area contributed by atoms with Crippen molar-refractivity contribution < 1.29 is 34.9 Å². The van der Waals surface area contributed by atoms with Crippen LogP contribution in [0.4, 0.5) is 38.5 Å². The third kappa shape index (κ3) is 4.68. The molecule has 0 saturated carbocycles. The quantitative estimate of drug-likeness (QED) is 0.157. The number of anilines is 1. The molecule has 0 radical (unpaired) electrons. The maximum atomic E-state index is 13.4. The summed E-state index contributed by atoms with van der Waals surface area (Å²) >= 11 is 0.279. The topological polar surface area (TPSA) is 95.2 Å². The molecule has 2 aliphatic rings. The zero-order chi connectivity index (χ0) is 25.9. The lowest BCUT2D eigenvalue weighted by molar-refractivity contribution is -0.237. The molecule has 0 atom stereocenters. The average molecular weight is 565 g/mol. The lowest BCUT2D eigenvalue weighted by Crippen LogP contribution is -2.35. The van der Waals surface area contributed by atoms with Crippen LogP contribution in [0.5, 0.6) is 0 Å². The van der Waals surface area contributed by atoms with Gasteiger partial charge in [0.05, 0.1) is 10.2 Å². The molecule has 0 bridgehead atoms. The van der Waals surface area contributed by atoms with E-state index >= 15 is 0 Å². The van der Waals surface area contributed by atoms with Crippen LogP contribution in [0.15, 0.2) is 44.3 Å². The highest BCUT2D eigenvalue weighted by molar-refractivity contribution is 8.00. The minimum atomic E-state index is -5.70. The standard InChI is InChI=1S/C21H17F5N4O3S3/c22-20(23,24)21(25,26)35-12-5-6-14-16(10-12)34-19(27-14)29-28-15-9-11-3-1-7-30-8-2-4-13(17(11)30)18(15)36(31,32)33/h5-6,9-10H,1-4,7-8H2,(H,31,32,33). The Kier molecular flexibility index (Phi) is 6.24. The van der Waals surface area contributed by atoms with E-state index in [4.69, 9.17) is 0 Å². The average Bonchev–Trinajstić information content (AvgIpc) is 3.18. The van der Waals surface area contributed by atoms with Gasteiger partial charge in [0.25, 0.3) is 10.1 Å². The maximum Gasteiger partial charge on any atom is 0.464 e. The number of halogens is 5. The van der Waals surface area contributed by atoms with Crippen molar-refractivity contribution in [2.45, 2.75) is 46.9 Å². The minimum Gasteiger partial charge on any atom is -0.371 e. The molecule has 2 aliphatic heterocycles. The van der Waals surface area contributed by atoms with E-state index in [0.29, 0.717) is 22.2 Å². The van der Waals surface area contributed by atoms with Crippen LogP contribution in [0, 0.1) is 0 Å². The molecule has 192 valence electrons. The van der Waals surface area contributed by atoms with Gasteiger partial charge in [0.15, 0.2) is 0 Å². The summed E-state index contributed by atoms with van der Waals surface area (Å²) in [5, 5.41) is 3.15. The van der Waals surface area contributed by atoms with Gasteiger partial charge in [-0.25, -0.2) is 4.98 Å². The van der Waals surface area contributed by atoms with Crippen molar-refractivity contribution in [2.24, 2.45) is 10.2 Å². The Bertz CT molecular complexity index is 1490. The number of hydrogen-bond donors (Lipinski definition) is 1. The van der Waals surface area contributed by atoms with Crippen LogP contribution >= 0.6 is 23.1 Å². The molecule has 1 N–H and O–H groups in total. The monoisotopic (exact) mass is 564 g/mol. The van der Waals surface area contributed by atoms with E-state index in [2.05, 4.69) is 20.1 Å². The number of alkyl halides is 5. The van der Waals surface area contributed by atoms with Gasteiger partial charge in [0.2, 0.25) is 5.13 Å². The first-order chi connectivity index (χ1) is 16.8. The number of azo groups is 1. The second-order valence-corrected chi connectivity index (χ2v) is 11.9. The lowest BCUT2D eigenvalue weighted by atomic mass is 9.91. The molecule has 5 rings (SSSR count). The molecule has 0 fully saturated rings. The summed E-state index contributed by atoms with van der Waals surface area (Å²) in [7, 11) is -4.63. The van der Waals surface area contributed by atoms with Gasteiger partial charge in [-0.15, -0.1) is 10.2 Å². The highest BCUT2D eigenvalue weighted by Gasteiger charge is 2.58. The van der Waals surface area contributed by atoms with Crippen LogP contribution in [-0.4, -0.2) is 42.5 Å². The predicted molar refractivity (Wildman–Crippen MR) is 126 cm³/mol. The number of thioether (sulfide) groups is 1. The fourth-order valence-electron chi connectivity index (χ4n) is 4.48. The van der Waals surface area contributed by atoms with Gasteiger partial charge < -0.3 is 4.90 Å². The highest BCUT2D eigenvalue weighted by Crippen LogP contribution is 2.48. The molecule has 3 heterocycles. The summed E-state index contributed by atoms with van der Waals surface area (Å²) < 4.78 is 99.3. The first-order valence-electron chi connectivity index (χ1n) is 10.7. The number of aryl methyl sites for hydroxylation is 1. The van der Waals surface area contributed by atoms with Crippen molar-refractivity contribution in [1.82, 2.24) is 4.98 Å². The van der Waals surface area contributed by atoms with Gasteiger partial charge in [0, 0.05) is 23.7 Å². The van der Waals surface area contributed by atoms with Gasteiger partial charge in [0.1, 0.15) is 10.6 Å². The molecule has 3 aromatic rings. The molecule has 0 spiro atoms. The zero-order valence-corrected chi connectivity index (χ0v) is 20.7. The van der Waals surface area contributed by atoms with E-state index in [1.807, 2.05) is 0 Å². The number of thiazole rings is 1. The van der Waals surface area contributed by atoms with Crippen LogP contribution in [-0.2, 0) is 23.0 Å². The molecular formula is C21H17F5N4O3S3. The molecule has 0 unspecified atom stereocenters. The van der Waals surface area contributed by atoms with Gasteiger partial charge in [-0.1, -0.05) is 11.3 Å². The number of rotatable bonds is 5. The smallest absolute Gasteiger partial charge is 0.371 e. The zero-order valence-electron chi connectivity index (χ0n) is 18.2. The largest absolute Gasteiger partial charge is 0.464 e. The summed E-state index contributed by atoms with van der Waals surface area (Å²) in [5.41, 5.74) is 2.51. The summed E-state index contributed by atoms with van der Waals surface area (Å²) in [6.07, 6.45) is -2.91. The molecule has 0 saturated heterocycles. The maximum absolute atomic E-state index is 13.4. The highest BCUT2D eigenvalue weighted by atomic mass is 32.2. The number of hydrogen-bond acceptors (Lipinski definition) is 8. The number of fused-ring (bicyclic) bond motifs is 1. The van der Waals surface area contributed by atoms with Crippen LogP contribution < -0.4 is 4.90 Å². The Balaban J connectivity index is 1.51. The molecule has 0 amide bonds. The fourth-order valence-corrected chi connectivity index (χ4v) is 6.98. The Hall–Kier alpha value is -2.36.